The highest BCUT2D eigenvalue weighted by molar-refractivity contribution is 5.33. The molecule has 1 aromatic rings. The molecule has 0 aromatic carbocycles. The summed E-state index contributed by atoms with van der Waals surface area (Å²) in [4.78, 5) is 9.55. The van der Waals surface area contributed by atoms with E-state index in [-0.39, 0.29) is 0 Å². The van der Waals surface area contributed by atoms with Crippen LogP contribution in [0.3, 0.4) is 0 Å². The first-order valence-corrected chi connectivity index (χ1v) is 8.58. The molecular weight excluding hydrogens is 262 g/mol. The molecule has 0 spiro atoms. The van der Waals surface area contributed by atoms with Crippen LogP contribution in [0.15, 0.2) is 0 Å². The highest BCUT2D eigenvalue weighted by Crippen LogP contribution is 2.39. The predicted octanol–water partition coefficient (Wildman–Crippen LogP) is 3.13. The van der Waals surface area contributed by atoms with Crippen LogP contribution in [0.4, 0.5) is 0 Å². The lowest BCUT2D eigenvalue weighted by molar-refractivity contribution is 0.146. The smallest absolute Gasteiger partial charge is 0.220 e. The lowest BCUT2D eigenvalue weighted by Gasteiger charge is -2.24. The zero-order valence-electron chi connectivity index (χ0n) is 13.1. The highest BCUT2D eigenvalue weighted by atomic mass is 16.5. The molecule has 116 valence electrons. The van der Waals surface area contributed by atoms with Crippen LogP contribution < -0.4 is 10.5 Å². The Morgan fingerprint density at radius 1 is 1.10 bits per heavy atom. The van der Waals surface area contributed by atoms with E-state index in [9.17, 15) is 0 Å². The van der Waals surface area contributed by atoms with Gasteiger partial charge in [-0.15, -0.1) is 0 Å². The first kappa shape index (κ1) is 14.8. The molecule has 2 saturated carbocycles. The number of rotatable bonds is 6. The van der Waals surface area contributed by atoms with Gasteiger partial charge >= 0.3 is 0 Å². The zero-order valence-corrected chi connectivity index (χ0v) is 13.1. The number of nitrogens with zero attached hydrogens (tertiary/aromatic N) is 2. The number of ether oxygens (including phenoxy) is 1. The summed E-state index contributed by atoms with van der Waals surface area (Å²) in [7, 11) is 0. The Labute approximate surface area is 127 Å². The van der Waals surface area contributed by atoms with E-state index in [2.05, 4.69) is 6.92 Å². The number of nitrogens with two attached hydrogens (primary N) is 1. The summed E-state index contributed by atoms with van der Waals surface area (Å²) < 4.78 is 6.29. The van der Waals surface area contributed by atoms with Gasteiger partial charge in [0, 0.05) is 11.5 Å². The van der Waals surface area contributed by atoms with Gasteiger partial charge in [0.1, 0.15) is 11.9 Å². The molecule has 3 rings (SSSR count). The lowest BCUT2D eigenvalue weighted by Crippen LogP contribution is -2.22. The van der Waals surface area contributed by atoms with Crippen LogP contribution in [-0.4, -0.2) is 22.6 Å². The van der Waals surface area contributed by atoms with E-state index in [1.54, 1.807) is 0 Å². The van der Waals surface area contributed by atoms with Crippen molar-refractivity contribution in [1.29, 1.82) is 0 Å². The quantitative estimate of drug-likeness (QED) is 0.874. The maximum atomic E-state index is 6.29. The first-order chi connectivity index (χ1) is 10.3. The van der Waals surface area contributed by atoms with Gasteiger partial charge in [0.15, 0.2) is 0 Å². The summed E-state index contributed by atoms with van der Waals surface area (Å²) in [5, 5.41) is 0. The van der Waals surface area contributed by atoms with Gasteiger partial charge in [-0.1, -0.05) is 13.3 Å². The largest absolute Gasteiger partial charge is 0.474 e. The summed E-state index contributed by atoms with van der Waals surface area (Å²) in [5.41, 5.74) is 8.08. The molecule has 0 saturated heterocycles. The van der Waals surface area contributed by atoms with Gasteiger partial charge in [-0.2, -0.15) is 4.98 Å². The minimum Gasteiger partial charge on any atom is -0.474 e. The number of aryl methyl sites for hydroxylation is 1. The van der Waals surface area contributed by atoms with Crippen molar-refractivity contribution in [2.24, 2.45) is 5.73 Å². The van der Waals surface area contributed by atoms with Gasteiger partial charge in [0.25, 0.3) is 0 Å². The van der Waals surface area contributed by atoms with Crippen LogP contribution in [0, 0.1) is 0 Å². The van der Waals surface area contributed by atoms with E-state index in [0.717, 1.165) is 48.6 Å². The molecule has 1 heterocycles. The summed E-state index contributed by atoms with van der Waals surface area (Å²) in [6, 6.07) is 0. The second-order valence-electron chi connectivity index (χ2n) is 6.36. The van der Waals surface area contributed by atoms with Gasteiger partial charge in [0.2, 0.25) is 5.88 Å². The van der Waals surface area contributed by atoms with Crippen molar-refractivity contribution in [3.63, 3.8) is 0 Å². The molecule has 0 amide bonds. The average Bonchev–Trinajstić information content (AvgIpc) is 3.35. The molecule has 0 aliphatic heterocycles. The van der Waals surface area contributed by atoms with Gasteiger partial charge in [0.05, 0.1) is 5.69 Å². The van der Waals surface area contributed by atoms with Crippen molar-refractivity contribution in [2.75, 3.05) is 6.54 Å². The Morgan fingerprint density at radius 2 is 1.86 bits per heavy atom. The molecule has 2 aliphatic rings. The molecule has 2 aliphatic carbocycles. The number of hydrogen-bond donors (Lipinski definition) is 1. The SMILES string of the molecule is CCc1nc(C2CC2)nc(OC2CCCCC2)c1CCN. The fourth-order valence-corrected chi connectivity index (χ4v) is 3.18. The van der Waals surface area contributed by atoms with Gasteiger partial charge < -0.3 is 10.5 Å². The minimum atomic E-state index is 0.335. The average molecular weight is 289 g/mol. The van der Waals surface area contributed by atoms with Crippen LogP contribution >= 0.6 is 0 Å². The third-order valence-electron chi connectivity index (χ3n) is 4.57. The topological polar surface area (TPSA) is 61.0 Å². The van der Waals surface area contributed by atoms with Gasteiger partial charge in [-0.05, 0) is 57.9 Å². The van der Waals surface area contributed by atoms with Crippen molar-refractivity contribution in [1.82, 2.24) is 9.97 Å². The number of hydrogen-bond acceptors (Lipinski definition) is 4. The summed E-state index contributed by atoms with van der Waals surface area (Å²) >= 11 is 0. The molecule has 0 atom stereocenters. The van der Waals surface area contributed by atoms with Gasteiger partial charge in [-0.25, -0.2) is 4.98 Å². The Morgan fingerprint density at radius 3 is 2.48 bits per heavy atom. The lowest BCUT2D eigenvalue weighted by atomic mass is 9.98. The second kappa shape index (κ2) is 6.73. The molecule has 0 unspecified atom stereocenters. The summed E-state index contributed by atoms with van der Waals surface area (Å²) in [6.45, 7) is 2.78. The fourth-order valence-electron chi connectivity index (χ4n) is 3.18. The van der Waals surface area contributed by atoms with Crippen LogP contribution in [-0.2, 0) is 12.8 Å². The van der Waals surface area contributed by atoms with Crippen molar-refractivity contribution in [3.8, 4) is 5.88 Å². The van der Waals surface area contributed by atoms with E-state index in [0.29, 0.717) is 18.6 Å². The molecular formula is C17H27N3O. The normalized spacial score (nSPS) is 19.7. The van der Waals surface area contributed by atoms with E-state index >= 15 is 0 Å². The Balaban J connectivity index is 1.87. The van der Waals surface area contributed by atoms with Gasteiger partial charge in [-0.3, -0.25) is 0 Å². The molecule has 2 N–H and O–H groups in total. The maximum Gasteiger partial charge on any atom is 0.220 e. The summed E-state index contributed by atoms with van der Waals surface area (Å²) in [6.07, 6.45) is 10.7. The Bertz CT molecular complexity index is 479. The van der Waals surface area contributed by atoms with Crippen molar-refractivity contribution in [2.45, 2.75) is 76.7 Å². The first-order valence-electron chi connectivity index (χ1n) is 8.58. The highest BCUT2D eigenvalue weighted by Gasteiger charge is 2.29. The van der Waals surface area contributed by atoms with Crippen LogP contribution in [0.5, 0.6) is 5.88 Å². The summed E-state index contributed by atoms with van der Waals surface area (Å²) in [5.74, 6) is 2.40. The third kappa shape index (κ3) is 3.54. The predicted molar refractivity (Wildman–Crippen MR) is 83.6 cm³/mol. The van der Waals surface area contributed by atoms with Crippen molar-refractivity contribution >= 4 is 0 Å². The molecule has 0 bridgehead atoms. The van der Waals surface area contributed by atoms with E-state index in [1.807, 2.05) is 0 Å². The monoisotopic (exact) mass is 289 g/mol. The van der Waals surface area contributed by atoms with Crippen molar-refractivity contribution in [3.05, 3.63) is 17.1 Å². The third-order valence-corrected chi connectivity index (χ3v) is 4.57. The van der Waals surface area contributed by atoms with Crippen LogP contribution in [0.25, 0.3) is 0 Å². The molecule has 1 aromatic heterocycles. The Kier molecular flexibility index (Phi) is 4.73. The van der Waals surface area contributed by atoms with E-state index in [1.165, 1.54) is 32.1 Å². The standard InChI is InChI=1S/C17H27N3O/c1-2-15-14(10-11-18)17(20-16(19-15)12-8-9-12)21-13-6-4-3-5-7-13/h12-13H,2-11,18H2,1H3. The maximum absolute atomic E-state index is 6.29. The fraction of sp³-hybridized carbons (Fsp3) is 0.765. The zero-order chi connectivity index (χ0) is 14.7. The minimum absolute atomic E-state index is 0.335. The second-order valence-corrected chi connectivity index (χ2v) is 6.36. The van der Waals surface area contributed by atoms with E-state index < -0.39 is 0 Å². The number of aromatic nitrogens is 2. The molecule has 4 heteroatoms. The van der Waals surface area contributed by atoms with Crippen molar-refractivity contribution < 1.29 is 4.74 Å². The molecule has 4 nitrogen and oxygen atoms in total. The van der Waals surface area contributed by atoms with Crippen LogP contribution in [0.1, 0.15) is 74.9 Å². The molecule has 0 radical (unpaired) electrons. The van der Waals surface area contributed by atoms with Crippen LogP contribution in [0.2, 0.25) is 0 Å². The molecule has 21 heavy (non-hydrogen) atoms. The molecule has 2 fully saturated rings. The van der Waals surface area contributed by atoms with E-state index in [4.69, 9.17) is 20.4 Å². The Hall–Kier alpha value is -1.16.